The number of halogens is 10. The molecule has 28 heteroatoms. The summed E-state index contributed by atoms with van der Waals surface area (Å²) in [5.41, 5.74) is 3.26. The van der Waals surface area contributed by atoms with Crippen molar-refractivity contribution in [2.45, 2.75) is 111 Å². The normalized spacial score (nSPS) is 11.2. The number of carboxylic acid groups (broad SMARTS) is 1. The van der Waals surface area contributed by atoms with Gasteiger partial charge in [-0.15, -0.1) is 0 Å². The minimum absolute atomic E-state index is 0. The summed E-state index contributed by atoms with van der Waals surface area (Å²) in [6.45, 7) is 11.0. The van der Waals surface area contributed by atoms with Crippen molar-refractivity contribution < 1.29 is 37.1 Å². The fraction of sp³-hybridized carbons (Fsp3) is 0.188. The molecule has 12 rings (SSSR count). The Kier molecular flexibility index (Phi) is 22.4. The summed E-state index contributed by atoms with van der Waals surface area (Å²) in [6.07, 6.45) is 11.5. The van der Waals surface area contributed by atoms with E-state index < -0.39 is 35.7 Å². The SMILES string of the molecule is C.CCCn1cc(-n2c(Cl)c(Sc3cccc(C(C)=O)n3)c3ccc(Cl)c(F)c32)cn1.CCCn1cc(-n2c(Cl)c(Sc3cccc(CC(=O)O)c3F)c3ccc(Cl)c(F)c32)cn1.CCn1cc(-n2c(Cl)c(Sc3cccc(C(C)=O)n3)c3ccc(Cl)c(F)c32)cn1. The molecule has 4 aromatic carbocycles. The molecule has 0 unspecified atom stereocenters. The maximum atomic E-state index is 15.1. The zero-order valence-corrected chi connectivity index (χ0v) is 55.4. The lowest BCUT2D eigenvalue weighted by Gasteiger charge is -2.07. The molecule has 12 aromatic rings. The highest BCUT2D eigenvalue weighted by molar-refractivity contribution is 8.00. The molecular weight excluding hydrogens is 1370 g/mol. The van der Waals surface area contributed by atoms with Crippen LogP contribution in [0.2, 0.25) is 30.5 Å². The van der Waals surface area contributed by atoms with Crippen molar-refractivity contribution >= 4 is 155 Å². The summed E-state index contributed by atoms with van der Waals surface area (Å²) in [7, 11) is 0. The molecule has 15 nitrogen and oxygen atoms in total. The van der Waals surface area contributed by atoms with Crippen LogP contribution in [-0.2, 0) is 30.8 Å². The lowest BCUT2D eigenvalue weighted by atomic mass is 10.1. The number of fused-ring (bicyclic) bond motifs is 3. The van der Waals surface area contributed by atoms with Gasteiger partial charge in [0.15, 0.2) is 29.0 Å². The van der Waals surface area contributed by atoms with Crippen LogP contribution in [0.3, 0.4) is 0 Å². The zero-order chi connectivity index (χ0) is 65.1. The Morgan fingerprint density at radius 1 is 0.489 bits per heavy atom. The van der Waals surface area contributed by atoms with Crippen LogP contribution in [0.15, 0.2) is 158 Å². The van der Waals surface area contributed by atoms with Gasteiger partial charge in [0.1, 0.15) is 42.7 Å². The Morgan fingerprint density at radius 3 is 1.22 bits per heavy atom. The minimum Gasteiger partial charge on any atom is -0.481 e. The van der Waals surface area contributed by atoms with Gasteiger partial charge in [-0.2, -0.15) is 15.3 Å². The second-order valence-corrected chi connectivity index (χ2v) is 25.5. The summed E-state index contributed by atoms with van der Waals surface area (Å²) < 4.78 is 70.1. The van der Waals surface area contributed by atoms with Crippen molar-refractivity contribution in [3.8, 4) is 17.1 Å². The number of pyridine rings is 2. The fourth-order valence-corrected chi connectivity index (χ4v) is 14.2. The maximum absolute atomic E-state index is 15.1. The first kappa shape index (κ1) is 69.1. The molecule has 1 N–H and O–H groups in total. The number of rotatable bonds is 18. The number of aliphatic carboxylic acids is 1. The van der Waals surface area contributed by atoms with Crippen LogP contribution >= 0.6 is 105 Å². The van der Waals surface area contributed by atoms with Crippen LogP contribution in [0.5, 0.6) is 0 Å². The van der Waals surface area contributed by atoms with E-state index in [1.54, 1.807) is 115 Å². The number of carbonyl (C=O) groups is 3. The first-order chi connectivity index (χ1) is 43.6. The Hall–Kier alpha value is -7.25. The van der Waals surface area contributed by atoms with E-state index in [-0.39, 0.29) is 66.2 Å². The van der Waals surface area contributed by atoms with E-state index in [0.29, 0.717) is 92.7 Å². The van der Waals surface area contributed by atoms with Gasteiger partial charge in [-0.3, -0.25) is 42.1 Å². The molecule has 0 aliphatic heterocycles. The largest absolute Gasteiger partial charge is 0.481 e. The lowest BCUT2D eigenvalue weighted by Crippen LogP contribution is -2.03. The van der Waals surface area contributed by atoms with Crippen molar-refractivity contribution in [1.29, 1.82) is 0 Å². The number of hydrogen-bond acceptors (Lipinski definition) is 11. The van der Waals surface area contributed by atoms with Crippen molar-refractivity contribution in [2.75, 3.05) is 0 Å². The van der Waals surface area contributed by atoms with Crippen molar-refractivity contribution in [2.24, 2.45) is 0 Å². The zero-order valence-electron chi connectivity index (χ0n) is 48.5. The van der Waals surface area contributed by atoms with Gasteiger partial charge >= 0.3 is 5.97 Å². The van der Waals surface area contributed by atoms with Gasteiger partial charge in [-0.25, -0.2) is 27.5 Å². The van der Waals surface area contributed by atoms with Crippen molar-refractivity contribution in [1.82, 2.24) is 53.0 Å². The number of aryl methyl sites for hydroxylation is 3. The summed E-state index contributed by atoms with van der Waals surface area (Å²) in [5, 5.41) is 25.5. The van der Waals surface area contributed by atoms with Gasteiger partial charge in [0.05, 0.1) is 88.4 Å². The van der Waals surface area contributed by atoms with Crippen LogP contribution in [0.1, 0.15) is 81.4 Å². The first-order valence-electron chi connectivity index (χ1n) is 27.7. The number of carbonyl (C=O) groups excluding carboxylic acids is 2. The number of hydrogen-bond donors (Lipinski definition) is 1. The standard InChI is InChI=1S/C22H17Cl2F2N3O2S.C21H17Cl2FN4OS.C20H15Cl2FN4OS.CH4/c1-2-8-28-11-13(10-27-28)29-20-14(6-7-15(23)19(20)26)21(22(29)24)32-16-5-3-4-12(18(16)25)9-17(30)31;1-3-9-27-11-13(10-25-27)28-19-14(7-8-15(22)18(19)24)20(21(28)23)30-17-6-4-5-16(26-17)12(2)29;1-3-26-10-12(9-24-26)27-18-13(7-8-14(21)17(18)23)19(20(27)22)29-16-6-4-5-15(25-16)11(2)28;/h3-7,10-11H,2,8-9H2,1H3,(H,30,31);4-8,10-11H,3,9H2,1-2H3;4-10H,3H2,1-2H3;1H4. The average molecular weight is 1430 g/mol. The minimum atomic E-state index is -1.14. The summed E-state index contributed by atoms with van der Waals surface area (Å²) in [4.78, 5) is 45.0. The second kappa shape index (κ2) is 29.8. The Bertz CT molecular complexity index is 4800. The molecule has 0 bridgehead atoms. The molecule has 0 radical (unpaired) electrons. The molecule has 0 aliphatic carbocycles. The highest BCUT2D eigenvalue weighted by Crippen LogP contribution is 2.48. The van der Waals surface area contributed by atoms with Crippen LogP contribution < -0.4 is 0 Å². The average Bonchev–Trinajstić information content (AvgIpc) is 1.61. The third kappa shape index (κ3) is 14.3. The Balaban J connectivity index is 0.000000162. The van der Waals surface area contributed by atoms with Gasteiger partial charge in [-0.05, 0) is 86.5 Å². The fourth-order valence-electron chi connectivity index (χ4n) is 9.65. The number of nitrogens with zero attached hydrogens (tertiary/aromatic N) is 11. The van der Waals surface area contributed by atoms with Gasteiger partial charge in [0, 0.05) is 78.7 Å². The molecule has 0 saturated carbocycles. The quantitative estimate of drug-likeness (QED) is 0.0639. The smallest absolute Gasteiger partial charge is 0.307 e. The van der Waals surface area contributed by atoms with E-state index in [2.05, 4.69) is 32.2 Å². The lowest BCUT2D eigenvalue weighted by molar-refractivity contribution is -0.136. The topological polar surface area (TPSA) is 165 Å². The number of Topliss-reactive ketones (excluding diaryl/α,β-unsaturated/α-hetero) is 2. The third-order valence-electron chi connectivity index (χ3n) is 13.8. The van der Waals surface area contributed by atoms with Crippen LogP contribution in [0.4, 0.5) is 17.6 Å². The van der Waals surface area contributed by atoms with E-state index >= 15 is 13.2 Å². The molecule has 8 aromatic heterocycles. The highest BCUT2D eigenvalue weighted by atomic mass is 35.5. The second-order valence-electron chi connectivity index (χ2n) is 20.1. The number of benzene rings is 4. The molecule has 0 fully saturated rings. The van der Waals surface area contributed by atoms with E-state index in [9.17, 15) is 18.8 Å². The van der Waals surface area contributed by atoms with E-state index in [0.717, 1.165) is 31.1 Å². The third-order valence-corrected chi connectivity index (χ3v) is 19.4. The van der Waals surface area contributed by atoms with Gasteiger partial charge in [-0.1, -0.05) is 150 Å². The molecule has 0 amide bonds. The molecule has 476 valence electrons. The van der Waals surface area contributed by atoms with Gasteiger partial charge in [0.2, 0.25) is 0 Å². The summed E-state index contributed by atoms with van der Waals surface area (Å²) >= 11 is 41.9. The molecule has 0 atom stereocenters. The highest BCUT2D eigenvalue weighted by Gasteiger charge is 2.28. The van der Waals surface area contributed by atoms with E-state index in [4.69, 9.17) is 74.7 Å². The molecule has 0 spiro atoms. The first-order valence-corrected chi connectivity index (χ1v) is 32.4. The van der Waals surface area contributed by atoms with Crippen molar-refractivity contribution in [3.05, 3.63) is 199 Å². The molecular formula is C64H53Cl6F4N11O4S3. The van der Waals surface area contributed by atoms with Crippen LogP contribution in [0, 0.1) is 23.3 Å². The predicted octanol–water partition coefficient (Wildman–Crippen LogP) is 19.7. The number of carboxylic acids is 1. The van der Waals surface area contributed by atoms with Crippen molar-refractivity contribution in [3.63, 3.8) is 0 Å². The molecule has 0 aliphatic rings. The summed E-state index contributed by atoms with van der Waals surface area (Å²) in [5.74, 6) is -3.83. The Labute approximate surface area is 567 Å². The maximum Gasteiger partial charge on any atom is 0.307 e. The summed E-state index contributed by atoms with van der Waals surface area (Å²) in [6, 6.07) is 24.4. The van der Waals surface area contributed by atoms with E-state index in [1.807, 2.05) is 20.0 Å². The molecule has 8 heterocycles. The predicted molar refractivity (Wildman–Crippen MR) is 359 cm³/mol. The number of ketones is 2. The monoisotopic (exact) mass is 1420 g/mol. The van der Waals surface area contributed by atoms with Gasteiger partial charge in [0.25, 0.3) is 0 Å². The number of aromatic nitrogens is 11. The van der Waals surface area contributed by atoms with E-state index in [1.165, 1.54) is 72.3 Å². The van der Waals surface area contributed by atoms with Gasteiger partial charge < -0.3 is 5.11 Å². The van der Waals surface area contributed by atoms with Crippen LogP contribution in [-0.4, -0.2) is 75.7 Å². The molecule has 92 heavy (non-hydrogen) atoms. The molecule has 0 saturated heterocycles. The van der Waals surface area contributed by atoms with Crippen LogP contribution in [0.25, 0.3) is 49.8 Å². The Morgan fingerprint density at radius 2 is 0.859 bits per heavy atom.